The third kappa shape index (κ3) is 13.1. The maximum absolute atomic E-state index is 12.0. The van der Waals surface area contributed by atoms with E-state index in [0.29, 0.717) is 36.5 Å². The minimum atomic E-state index is -0.413. The summed E-state index contributed by atoms with van der Waals surface area (Å²) in [6.45, 7) is 7.71. The largest absolute Gasteiger partial charge is 0.441 e. The lowest BCUT2D eigenvalue weighted by molar-refractivity contribution is 0.0987. The minimum Gasteiger partial charge on any atom is -0.441 e. The van der Waals surface area contributed by atoms with Crippen molar-refractivity contribution in [3.05, 3.63) is 171 Å². The zero-order chi connectivity index (χ0) is 50.8. The van der Waals surface area contributed by atoms with Crippen LogP contribution in [-0.4, -0.2) is 68.5 Å². The minimum absolute atomic E-state index is 0.0172. The predicted molar refractivity (Wildman–Crippen MR) is 292 cm³/mol. The summed E-state index contributed by atoms with van der Waals surface area (Å²) in [6, 6.07) is 22.3. The maximum atomic E-state index is 12.0. The molecule has 18 nitrogen and oxygen atoms in total. The first kappa shape index (κ1) is 49.8. The van der Waals surface area contributed by atoms with Gasteiger partial charge in [0.25, 0.3) is 23.6 Å². The third-order valence-corrected chi connectivity index (χ3v) is 15.0. The molecule has 0 atom stereocenters. The predicted octanol–water partition coefficient (Wildman–Crippen LogP) is 12.1. The molecule has 24 heteroatoms. The Labute approximate surface area is 438 Å². The zero-order valence-corrected chi connectivity index (χ0v) is 43.5. The monoisotopic (exact) mass is 1080 g/mol. The van der Waals surface area contributed by atoms with Crippen LogP contribution in [0.1, 0.15) is 63.8 Å². The quantitative estimate of drug-likeness (QED) is 0.111. The number of aryl methyl sites for hydroxylation is 4. The number of oxazole rings is 1. The van der Waals surface area contributed by atoms with E-state index >= 15 is 0 Å². The molecule has 0 spiro atoms. The van der Waals surface area contributed by atoms with Crippen LogP contribution in [0.15, 0.2) is 131 Å². The van der Waals surface area contributed by atoms with Gasteiger partial charge in [0.2, 0.25) is 0 Å². The summed E-state index contributed by atoms with van der Waals surface area (Å²) < 4.78 is 8.97. The number of carbonyl (C=O) groups excluding carboxylic acids is 4. The second-order valence-corrected chi connectivity index (χ2v) is 21.1. The summed E-state index contributed by atoms with van der Waals surface area (Å²) in [6.07, 6.45) is 9.62. The van der Waals surface area contributed by atoms with E-state index in [9.17, 15) is 19.2 Å². The van der Waals surface area contributed by atoms with E-state index in [1.54, 1.807) is 49.1 Å². The highest BCUT2D eigenvalue weighted by molar-refractivity contribution is 7.23. The van der Waals surface area contributed by atoms with E-state index in [1.165, 1.54) is 80.5 Å². The summed E-state index contributed by atoms with van der Waals surface area (Å²) in [4.78, 5) is 85.9. The second kappa shape index (κ2) is 23.0. The van der Waals surface area contributed by atoms with Gasteiger partial charge in [0.1, 0.15) is 28.3 Å². The average Bonchev–Trinajstić information content (AvgIpc) is 4.24. The van der Waals surface area contributed by atoms with Crippen molar-refractivity contribution >= 4 is 153 Å². The number of carbonyl (C=O) groups is 4. The van der Waals surface area contributed by atoms with Crippen LogP contribution in [0.25, 0.3) is 40.9 Å². The summed E-state index contributed by atoms with van der Waals surface area (Å²) in [7, 11) is 0. The fourth-order valence-corrected chi connectivity index (χ4v) is 11.3. The van der Waals surface area contributed by atoms with Crippen molar-refractivity contribution in [2.45, 2.75) is 27.7 Å². The first-order valence-corrected chi connectivity index (χ1v) is 26.7. The number of nitrogens with zero attached hydrogens (tertiary/aromatic N) is 9. The lowest BCUT2D eigenvalue weighted by Crippen LogP contribution is -2.11. The molecule has 73 heavy (non-hydrogen) atoms. The van der Waals surface area contributed by atoms with Gasteiger partial charge in [-0.3, -0.25) is 60.4 Å². The van der Waals surface area contributed by atoms with Crippen molar-refractivity contribution in [3.8, 4) is 0 Å². The smallest absolute Gasteiger partial charge is 0.313 e. The molecule has 11 heterocycles. The summed E-state index contributed by atoms with van der Waals surface area (Å²) in [5.41, 5.74) is 8.22. The highest BCUT2D eigenvalue weighted by atomic mass is 32.1. The molecule has 11 aromatic heterocycles. The van der Waals surface area contributed by atoms with Crippen molar-refractivity contribution in [3.63, 3.8) is 0 Å². The number of nitrogens with one attached hydrogen (secondary N) is 4. The standard InChI is InChI=1S/C14H11N3OS.2C12H9N3OS2.C11H8N4O2S/c1-9-7-12-11(8-15-9)16-14(19-12)17-13(18)10-5-3-2-4-6-10;1-7-4-10-9(5-13-7)14-12(18-10)15-11(16)8-2-3-17-6-8;1-7-5-10-8(6-13-7)14-12(18-10)15-11(16)9-3-2-4-17-9;1-6-4-8-7(5-13-6)14-11(18-8)15-9(16)10-12-2-3-17-10/h2-8H,1H3,(H,16,17,18);2*2-6H,1H3,(H,14,15,16);2-5H,1H3,(H,14,15,16). The first-order chi connectivity index (χ1) is 35.4. The van der Waals surface area contributed by atoms with Crippen molar-refractivity contribution in [2.75, 3.05) is 21.3 Å². The van der Waals surface area contributed by atoms with Crippen LogP contribution in [-0.2, 0) is 0 Å². The van der Waals surface area contributed by atoms with Crippen LogP contribution in [0.4, 0.5) is 20.5 Å². The number of thiazole rings is 4. The van der Waals surface area contributed by atoms with Gasteiger partial charge >= 0.3 is 5.91 Å². The number of hydrogen-bond donors (Lipinski definition) is 4. The van der Waals surface area contributed by atoms with E-state index in [-0.39, 0.29) is 23.6 Å². The molecule has 0 unspecified atom stereocenters. The van der Waals surface area contributed by atoms with Crippen LogP contribution in [0.3, 0.4) is 0 Å². The molecule has 4 amide bonds. The molecule has 0 aliphatic heterocycles. The number of amides is 4. The summed E-state index contributed by atoms with van der Waals surface area (Å²) in [5.74, 6) is -0.787. The molecular formula is C49H37N13O5S6. The van der Waals surface area contributed by atoms with Gasteiger partial charge in [0.15, 0.2) is 20.5 Å². The number of benzene rings is 1. The van der Waals surface area contributed by atoms with Gasteiger partial charge in [-0.1, -0.05) is 69.6 Å². The number of anilines is 4. The van der Waals surface area contributed by atoms with Crippen LogP contribution < -0.4 is 21.3 Å². The number of pyridine rings is 4. The molecule has 12 rings (SSSR count). The van der Waals surface area contributed by atoms with E-state index in [0.717, 1.165) is 63.6 Å². The number of fused-ring (bicyclic) bond motifs is 4. The van der Waals surface area contributed by atoms with Crippen molar-refractivity contribution in [1.82, 2.24) is 44.9 Å². The van der Waals surface area contributed by atoms with Gasteiger partial charge in [0, 0.05) is 33.7 Å². The van der Waals surface area contributed by atoms with Crippen molar-refractivity contribution < 1.29 is 23.6 Å². The van der Waals surface area contributed by atoms with Crippen molar-refractivity contribution in [1.29, 1.82) is 0 Å². The molecule has 0 fully saturated rings. The fraction of sp³-hybridized carbons (Fsp3) is 0.0816. The zero-order valence-electron chi connectivity index (χ0n) is 38.6. The van der Waals surface area contributed by atoms with E-state index in [1.807, 2.05) is 92.4 Å². The van der Waals surface area contributed by atoms with Crippen molar-refractivity contribution in [2.24, 2.45) is 0 Å². The number of hydrogen-bond acceptors (Lipinski definition) is 20. The van der Waals surface area contributed by atoms with Crippen LogP contribution >= 0.6 is 68.0 Å². The normalized spacial score (nSPS) is 10.7. The fourth-order valence-electron chi connectivity index (χ4n) is 6.31. The third-order valence-electron chi connectivity index (χ3n) is 9.72. The Morgan fingerprint density at radius 1 is 0.466 bits per heavy atom. The molecule has 0 aliphatic rings. The summed E-state index contributed by atoms with van der Waals surface area (Å²) >= 11 is 8.66. The van der Waals surface area contributed by atoms with E-state index < -0.39 is 5.91 Å². The molecule has 4 N–H and O–H groups in total. The SMILES string of the molecule is Cc1cc2sc(NC(=O)c3ccccc3)nc2cn1.Cc1cc2sc(NC(=O)c3cccs3)nc2cn1.Cc1cc2sc(NC(=O)c3ccsc3)nc2cn1.Cc1cc2sc(NC(=O)c3ncco3)nc2cn1. The number of rotatable bonds is 8. The topological polar surface area (TPSA) is 246 Å². The number of thiophene rings is 2. The van der Waals surface area contributed by atoms with Crippen LogP contribution in [0, 0.1) is 27.7 Å². The van der Waals surface area contributed by atoms with Crippen LogP contribution in [0.2, 0.25) is 0 Å². The molecule has 12 aromatic rings. The van der Waals surface area contributed by atoms with Crippen LogP contribution in [0.5, 0.6) is 0 Å². The Hall–Kier alpha value is -8.13. The van der Waals surface area contributed by atoms with Gasteiger partial charge < -0.3 is 4.42 Å². The molecule has 1 aromatic carbocycles. The first-order valence-electron chi connectivity index (χ1n) is 21.6. The lowest BCUT2D eigenvalue weighted by Gasteiger charge is -2.00. The Kier molecular flexibility index (Phi) is 15.7. The maximum Gasteiger partial charge on any atom is 0.313 e. The molecule has 0 bridgehead atoms. The van der Waals surface area contributed by atoms with E-state index in [2.05, 4.69) is 66.1 Å². The molecular weight excluding hydrogens is 1040 g/mol. The Bertz CT molecular complexity index is 3560. The highest BCUT2D eigenvalue weighted by Gasteiger charge is 2.15. The molecule has 364 valence electrons. The van der Waals surface area contributed by atoms with Gasteiger partial charge in [-0.15, -0.1) is 11.3 Å². The summed E-state index contributed by atoms with van der Waals surface area (Å²) in [5, 5.41) is 18.9. The van der Waals surface area contributed by atoms with Gasteiger partial charge in [-0.25, -0.2) is 24.9 Å². The second-order valence-electron chi connectivity index (χ2n) is 15.3. The van der Waals surface area contributed by atoms with Gasteiger partial charge in [-0.2, -0.15) is 11.3 Å². The molecule has 0 saturated carbocycles. The van der Waals surface area contributed by atoms with Gasteiger partial charge in [0.05, 0.1) is 60.2 Å². The Morgan fingerprint density at radius 3 is 1.30 bits per heavy atom. The highest BCUT2D eigenvalue weighted by Crippen LogP contribution is 2.29. The molecule has 0 saturated heterocycles. The molecule has 0 aliphatic carbocycles. The van der Waals surface area contributed by atoms with Gasteiger partial charge in [-0.05, 0) is 87.0 Å². The average molecular weight is 1080 g/mol. The lowest BCUT2D eigenvalue weighted by atomic mass is 10.2. The number of aromatic nitrogens is 9. The Morgan fingerprint density at radius 2 is 0.904 bits per heavy atom. The van der Waals surface area contributed by atoms with E-state index in [4.69, 9.17) is 4.42 Å². The Balaban J connectivity index is 0.000000120. The molecule has 0 radical (unpaired) electrons.